The molecule has 2 aromatic rings. The van der Waals surface area contributed by atoms with Crippen molar-refractivity contribution in [2.24, 2.45) is 5.10 Å². The van der Waals surface area contributed by atoms with Gasteiger partial charge in [-0.15, -0.1) is 0 Å². The van der Waals surface area contributed by atoms with Crippen molar-refractivity contribution >= 4 is 23.7 Å². The summed E-state index contributed by atoms with van der Waals surface area (Å²) in [4.78, 5) is 23.8. The number of nitrogens with one attached hydrogen (secondary N) is 2. The molecule has 0 unspecified atom stereocenters. The van der Waals surface area contributed by atoms with Crippen LogP contribution >= 0.6 is 0 Å². The molecule has 27 heavy (non-hydrogen) atoms. The Hall–Kier alpha value is -3.35. The van der Waals surface area contributed by atoms with E-state index in [4.69, 9.17) is 4.74 Å². The average Bonchev–Trinajstić information content (AvgIpc) is 2.63. The first-order valence-electron chi connectivity index (χ1n) is 8.45. The maximum Gasteiger partial charge on any atom is 0.240 e. The lowest BCUT2D eigenvalue weighted by Gasteiger charge is -2.08. The molecule has 0 heterocycles. The summed E-state index contributed by atoms with van der Waals surface area (Å²) < 4.78 is 5.00. The van der Waals surface area contributed by atoms with Gasteiger partial charge in [0.1, 0.15) is 0 Å². The van der Waals surface area contributed by atoms with Crippen LogP contribution in [-0.4, -0.2) is 30.2 Å². The second-order valence-electron chi connectivity index (χ2n) is 6.09. The lowest BCUT2D eigenvalue weighted by atomic mass is 10.1. The standard InChI is InChI=1S/C20H23N3O4/c1-13-4-6-16(14(2)10-13)22-19(25)8-9-20(26)23-21-12-15-5-7-17(24)18(11-15)27-3/h4-7,10-12,24H,8-9H2,1-3H3,(H,22,25)(H,23,26)/b21-12+. The van der Waals surface area contributed by atoms with Gasteiger partial charge in [-0.25, -0.2) is 5.43 Å². The zero-order valence-corrected chi connectivity index (χ0v) is 15.6. The van der Waals surface area contributed by atoms with Gasteiger partial charge < -0.3 is 15.2 Å². The largest absolute Gasteiger partial charge is 0.504 e. The van der Waals surface area contributed by atoms with Crippen LogP contribution in [0.2, 0.25) is 0 Å². The van der Waals surface area contributed by atoms with Gasteiger partial charge in [0, 0.05) is 18.5 Å². The van der Waals surface area contributed by atoms with Crippen molar-refractivity contribution in [3.63, 3.8) is 0 Å². The van der Waals surface area contributed by atoms with Gasteiger partial charge in [0.2, 0.25) is 11.8 Å². The van der Waals surface area contributed by atoms with Crippen LogP contribution in [0.4, 0.5) is 5.69 Å². The summed E-state index contributed by atoms with van der Waals surface area (Å²) in [5.41, 5.74) is 5.85. The first kappa shape index (κ1) is 20.0. The molecule has 0 aromatic heterocycles. The summed E-state index contributed by atoms with van der Waals surface area (Å²) in [6, 6.07) is 10.4. The molecule has 0 aliphatic carbocycles. The predicted molar refractivity (Wildman–Crippen MR) is 104 cm³/mol. The topological polar surface area (TPSA) is 100 Å². The Labute approximate surface area is 158 Å². The molecule has 142 valence electrons. The van der Waals surface area contributed by atoms with Crippen molar-refractivity contribution in [3.05, 3.63) is 53.1 Å². The van der Waals surface area contributed by atoms with Crippen LogP contribution in [0.25, 0.3) is 0 Å². The van der Waals surface area contributed by atoms with Gasteiger partial charge >= 0.3 is 0 Å². The van der Waals surface area contributed by atoms with Crippen molar-refractivity contribution in [2.75, 3.05) is 12.4 Å². The highest BCUT2D eigenvalue weighted by atomic mass is 16.5. The number of anilines is 1. The average molecular weight is 369 g/mol. The number of aryl methyl sites for hydroxylation is 2. The van der Waals surface area contributed by atoms with E-state index in [0.29, 0.717) is 11.3 Å². The highest BCUT2D eigenvalue weighted by Gasteiger charge is 2.08. The van der Waals surface area contributed by atoms with Crippen molar-refractivity contribution in [3.8, 4) is 11.5 Å². The molecule has 0 aliphatic heterocycles. The number of carbonyl (C=O) groups is 2. The summed E-state index contributed by atoms with van der Waals surface area (Å²) >= 11 is 0. The van der Waals surface area contributed by atoms with Crippen LogP contribution < -0.4 is 15.5 Å². The number of benzene rings is 2. The monoisotopic (exact) mass is 369 g/mol. The van der Waals surface area contributed by atoms with E-state index in [9.17, 15) is 14.7 Å². The number of phenolic OH excluding ortho intramolecular Hbond substituents is 1. The predicted octanol–water partition coefficient (Wildman–Crippen LogP) is 2.89. The van der Waals surface area contributed by atoms with E-state index >= 15 is 0 Å². The van der Waals surface area contributed by atoms with E-state index in [-0.39, 0.29) is 30.4 Å². The van der Waals surface area contributed by atoms with Gasteiger partial charge in [-0.2, -0.15) is 5.10 Å². The van der Waals surface area contributed by atoms with Gasteiger partial charge in [0.15, 0.2) is 11.5 Å². The van der Waals surface area contributed by atoms with Crippen LogP contribution in [0.5, 0.6) is 11.5 Å². The third kappa shape index (κ3) is 6.14. The molecule has 2 amide bonds. The van der Waals surface area contributed by atoms with Crippen LogP contribution in [0.1, 0.15) is 29.5 Å². The lowest BCUT2D eigenvalue weighted by molar-refractivity contribution is -0.124. The maximum atomic E-state index is 12.0. The first-order chi connectivity index (χ1) is 12.9. The van der Waals surface area contributed by atoms with Crippen LogP contribution in [0, 0.1) is 13.8 Å². The summed E-state index contributed by atoms with van der Waals surface area (Å²) in [5, 5.41) is 16.2. The number of hydrogen-bond donors (Lipinski definition) is 3. The number of ether oxygens (including phenoxy) is 1. The summed E-state index contributed by atoms with van der Waals surface area (Å²) in [5.74, 6) is -0.265. The molecule has 3 N–H and O–H groups in total. The number of amides is 2. The number of methoxy groups -OCH3 is 1. The van der Waals surface area contributed by atoms with Gasteiger partial charge in [-0.1, -0.05) is 17.7 Å². The molecule has 0 aliphatic rings. The second-order valence-corrected chi connectivity index (χ2v) is 6.09. The fourth-order valence-corrected chi connectivity index (χ4v) is 2.40. The van der Waals surface area contributed by atoms with Crippen molar-refractivity contribution in [1.82, 2.24) is 5.43 Å². The Morgan fingerprint density at radius 3 is 2.56 bits per heavy atom. The smallest absolute Gasteiger partial charge is 0.240 e. The molecule has 0 saturated heterocycles. The molecule has 0 saturated carbocycles. The highest BCUT2D eigenvalue weighted by molar-refractivity contribution is 5.94. The number of rotatable bonds is 7. The van der Waals surface area contributed by atoms with E-state index in [0.717, 1.165) is 16.8 Å². The van der Waals surface area contributed by atoms with Gasteiger partial charge in [0.25, 0.3) is 0 Å². The molecule has 2 rings (SSSR count). The maximum absolute atomic E-state index is 12.0. The summed E-state index contributed by atoms with van der Waals surface area (Å²) in [6.07, 6.45) is 1.50. The van der Waals surface area contributed by atoms with Gasteiger partial charge in [0.05, 0.1) is 13.3 Å². The zero-order chi connectivity index (χ0) is 19.8. The number of carbonyl (C=O) groups excluding carboxylic acids is 2. The molecule has 0 fully saturated rings. The van der Waals surface area contributed by atoms with E-state index in [1.54, 1.807) is 12.1 Å². The molecule has 0 atom stereocenters. The van der Waals surface area contributed by atoms with E-state index in [2.05, 4.69) is 15.8 Å². The second kappa shape index (κ2) is 9.38. The fourth-order valence-electron chi connectivity index (χ4n) is 2.40. The number of nitrogens with zero attached hydrogens (tertiary/aromatic N) is 1. The highest BCUT2D eigenvalue weighted by Crippen LogP contribution is 2.25. The Bertz CT molecular complexity index is 862. The molecular weight excluding hydrogens is 346 g/mol. The number of hydrogen-bond acceptors (Lipinski definition) is 5. The first-order valence-corrected chi connectivity index (χ1v) is 8.45. The minimum Gasteiger partial charge on any atom is -0.504 e. The normalized spacial score (nSPS) is 10.6. The minimum absolute atomic E-state index is 0.0208. The summed E-state index contributed by atoms with van der Waals surface area (Å²) in [6.45, 7) is 3.90. The van der Waals surface area contributed by atoms with Crippen LogP contribution in [0.15, 0.2) is 41.5 Å². The van der Waals surface area contributed by atoms with Crippen LogP contribution in [0.3, 0.4) is 0 Å². The SMILES string of the molecule is COc1cc(/C=N/NC(=O)CCC(=O)Nc2ccc(C)cc2C)ccc1O. The van der Waals surface area contributed by atoms with Crippen molar-refractivity contribution in [2.45, 2.75) is 26.7 Å². The minimum atomic E-state index is -0.368. The molecule has 0 spiro atoms. The third-order valence-electron chi connectivity index (χ3n) is 3.84. The number of phenols is 1. The zero-order valence-electron chi connectivity index (χ0n) is 15.6. The molecule has 7 nitrogen and oxygen atoms in total. The molecule has 0 radical (unpaired) electrons. The van der Waals surface area contributed by atoms with Crippen LogP contribution in [-0.2, 0) is 9.59 Å². The Morgan fingerprint density at radius 1 is 1.11 bits per heavy atom. The molecular formula is C20H23N3O4. The van der Waals surface area contributed by atoms with Gasteiger partial charge in [-0.05, 0) is 49.2 Å². The quantitative estimate of drug-likeness (QED) is 0.516. The Morgan fingerprint density at radius 2 is 1.85 bits per heavy atom. The van der Waals surface area contributed by atoms with Gasteiger partial charge in [-0.3, -0.25) is 9.59 Å². The third-order valence-corrected chi connectivity index (χ3v) is 3.84. The summed E-state index contributed by atoms with van der Waals surface area (Å²) in [7, 11) is 1.45. The van der Waals surface area contributed by atoms with Crippen molar-refractivity contribution < 1.29 is 19.4 Å². The van der Waals surface area contributed by atoms with E-state index in [1.165, 1.54) is 19.4 Å². The molecule has 0 bridgehead atoms. The number of aromatic hydroxyl groups is 1. The Balaban J connectivity index is 1.79. The fraction of sp³-hybridized carbons (Fsp3) is 0.250. The lowest BCUT2D eigenvalue weighted by Crippen LogP contribution is -2.20. The molecule has 2 aromatic carbocycles. The van der Waals surface area contributed by atoms with E-state index in [1.807, 2.05) is 32.0 Å². The van der Waals surface area contributed by atoms with Crippen molar-refractivity contribution in [1.29, 1.82) is 0 Å². The Kier molecular flexibility index (Phi) is 6.93. The van der Waals surface area contributed by atoms with E-state index < -0.39 is 0 Å². The molecule has 7 heteroatoms. The number of hydrazone groups is 1.